The van der Waals surface area contributed by atoms with Gasteiger partial charge < -0.3 is 16.4 Å². The van der Waals surface area contributed by atoms with Crippen molar-refractivity contribution in [2.24, 2.45) is 20.9 Å². The highest BCUT2D eigenvalue weighted by Crippen LogP contribution is 2.09. The first-order valence-corrected chi connectivity index (χ1v) is 6.15. The minimum atomic E-state index is 0.168. The fourth-order valence-electron chi connectivity index (χ4n) is 2.23. The van der Waals surface area contributed by atoms with Crippen LogP contribution in [0, 0.1) is 0 Å². The summed E-state index contributed by atoms with van der Waals surface area (Å²) in [5.41, 5.74) is 5.88. The minimum absolute atomic E-state index is 0.168. The fraction of sp³-hybridized carbons (Fsp3) is 0.727. The van der Waals surface area contributed by atoms with Crippen molar-refractivity contribution in [1.29, 1.82) is 0 Å². The molecule has 0 amide bonds. The molecule has 2 aliphatic heterocycles. The molecular weight excluding hydrogens is 216 g/mol. The minimum Gasteiger partial charge on any atom is -0.384 e. The van der Waals surface area contributed by atoms with Crippen molar-refractivity contribution in [2.75, 3.05) is 13.1 Å². The Balaban J connectivity index is 2.00. The van der Waals surface area contributed by atoms with E-state index in [1.54, 1.807) is 0 Å². The van der Waals surface area contributed by atoms with Crippen LogP contribution in [0.25, 0.3) is 0 Å². The maximum Gasteiger partial charge on any atom is 0.167 e. The summed E-state index contributed by atoms with van der Waals surface area (Å²) in [4.78, 5) is 3.92. The maximum absolute atomic E-state index is 5.88. The molecule has 0 aliphatic carbocycles. The van der Waals surface area contributed by atoms with Gasteiger partial charge in [0, 0.05) is 0 Å². The second-order valence-electron chi connectivity index (χ2n) is 4.44. The van der Waals surface area contributed by atoms with Gasteiger partial charge in [-0.3, -0.25) is 0 Å². The SMILES string of the molecule is C=N/C(=N\N=C(/N)C1CCCN1)C1CCCN1. The maximum atomic E-state index is 5.88. The molecule has 0 spiro atoms. The molecule has 0 radical (unpaired) electrons. The summed E-state index contributed by atoms with van der Waals surface area (Å²) in [5.74, 6) is 1.19. The highest BCUT2D eigenvalue weighted by molar-refractivity contribution is 5.92. The van der Waals surface area contributed by atoms with Gasteiger partial charge in [-0.15, -0.1) is 10.2 Å². The Hall–Kier alpha value is -1.27. The van der Waals surface area contributed by atoms with Crippen molar-refractivity contribution in [1.82, 2.24) is 10.6 Å². The van der Waals surface area contributed by atoms with Gasteiger partial charge >= 0.3 is 0 Å². The summed E-state index contributed by atoms with van der Waals surface area (Å²) in [6.45, 7) is 5.54. The lowest BCUT2D eigenvalue weighted by Crippen LogP contribution is -2.36. The van der Waals surface area contributed by atoms with Gasteiger partial charge in [-0.1, -0.05) is 0 Å². The van der Waals surface area contributed by atoms with Crippen LogP contribution in [0.2, 0.25) is 0 Å². The first-order chi connectivity index (χ1) is 8.31. The molecule has 94 valence electrons. The van der Waals surface area contributed by atoms with Gasteiger partial charge in [0.25, 0.3) is 0 Å². The third-order valence-electron chi connectivity index (χ3n) is 3.22. The molecule has 2 rings (SSSR count). The lowest BCUT2D eigenvalue weighted by atomic mass is 10.2. The average molecular weight is 236 g/mol. The first-order valence-electron chi connectivity index (χ1n) is 6.15. The Kier molecular flexibility index (Phi) is 4.22. The normalized spacial score (nSPS) is 30.8. The lowest BCUT2D eigenvalue weighted by molar-refractivity contribution is 0.743. The number of aliphatic imine (C=N–C) groups is 1. The van der Waals surface area contributed by atoms with Crippen molar-refractivity contribution in [3.05, 3.63) is 0 Å². The van der Waals surface area contributed by atoms with Gasteiger partial charge in [0.05, 0.1) is 12.1 Å². The van der Waals surface area contributed by atoms with Gasteiger partial charge in [-0.05, 0) is 45.5 Å². The smallest absolute Gasteiger partial charge is 0.167 e. The van der Waals surface area contributed by atoms with E-state index in [0.717, 1.165) is 38.8 Å². The van der Waals surface area contributed by atoms with E-state index in [1.807, 2.05) is 0 Å². The van der Waals surface area contributed by atoms with Gasteiger partial charge in [0.2, 0.25) is 0 Å². The standard InChI is InChI=1S/C11H20N6/c1-13-11(9-5-3-7-15-9)17-16-10(12)8-4-2-6-14-8/h8-9,14-15H,1-7H2,(H2,12,16)/b17-11-. The molecule has 2 aliphatic rings. The van der Waals surface area contributed by atoms with E-state index in [-0.39, 0.29) is 12.1 Å². The molecule has 0 aromatic heterocycles. The molecule has 6 nitrogen and oxygen atoms in total. The zero-order valence-corrected chi connectivity index (χ0v) is 10.0. The molecule has 2 heterocycles. The molecule has 0 saturated carbocycles. The lowest BCUT2D eigenvalue weighted by Gasteiger charge is -2.09. The Bertz CT molecular complexity index is 323. The van der Waals surface area contributed by atoms with Crippen LogP contribution in [-0.4, -0.2) is 43.6 Å². The summed E-state index contributed by atoms with van der Waals surface area (Å²) in [5, 5.41) is 14.8. The zero-order valence-electron chi connectivity index (χ0n) is 10.0. The van der Waals surface area contributed by atoms with Gasteiger partial charge in [-0.2, -0.15) is 0 Å². The number of nitrogens with zero attached hydrogens (tertiary/aromatic N) is 3. The second-order valence-corrected chi connectivity index (χ2v) is 4.44. The molecule has 0 aromatic rings. The Labute approximate surface area is 101 Å². The van der Waals surface area contributed by atoms with Gasteiger partial charge in [0.15, 0.2) is 5.84 Å². The van der Waals surface area contributed by atoms with E-state index in [2.05, 4.69) is 32.5 Å². The average Bonchev–Trinajstić information content (AvgIpc) is 3.02. The highest BCUT2D eigenvalue weighted by Gasteiger charge is 2.20. The van der Waals surface area contributed by atoms with Crippen LogP contribution in [-0.2, 0) is 0 Å². The summed E-state index contributed by atoms with van der Waals surface area (Å²) in [6.07, 6.45) is 4.35. The summed E-state index contributed by atoms with van der Waals surface area (Å²) >= 11 is 0. The van der Waals surface area contributed by atoms with E-state index < -0.39 is 0 Å². The number of rotatable bonds is 3. The number of nitrogens with two attached hydrogens (primary N) is 1. The third-order valence-corrected chi connectivity index (χ3v) is 3.22. The molecule has 2 unspecified atom stereocenters. The van der Waals surface area contributed by atoms with Crippen LogP contribution in [0.5, 0.6) is 0 Å². The van der Waals surface area contributed by atoms with Gasteiger partial charge in [-0.25, -0.2) is 4.99 Å². The summed E-state index contributed by atoms with van der Waals surface area (Å²) < 4.78 is 0. The van der Waals surface area contributed by atoms with Crippen molar-refractivity contribution in [3.63, 3.8) is 0 Å². The third kappa shape index (κ3) is 3.10. The quantitative estimate of drug-likeness (QED) is 0.362. The Morgan fingerprint density at radius 1 is 1.06 bits per heavy atom. The van der Waals surface area contributed by atoms with E-state index in [1.165, 1.54) is 0 Å². The van der Waals surface area contributed by atoms with Crippen molar-refractivity contribution in [2.45, 2.75) is 37.8 Å². The number of hydrogen-bond acceptors (Lipinski definition) is 4. The monoisotopic (exact) mass is 236 g/mol. The zero-order chi connectivity index (χ0) is 12.1. The molecule has 4 N–H and O–H groups in total. The van der Waals surface area contributed by atoms with Crippen LogP contribution >= 0.6 is 0 Å². The van der Waals surface area contributed by atoms with E-state index >= 15 is 0 Å². The van der Waals surface area contributed by atoms with Crippen molar-refractivity contribution < 1.29 is 0 Å². The molecular formula is C11H20N6. The predicted molar refractivity (Wildman–Crippen MR) is 70.7 cm³/mol. The molecule has 2 saturated heterocycles. The van der Waals surface area contributed by atoms with Crippen molar-refractivity contribution >= 4 is 18.4 Å². The molecule has 0 bridgehead atoms. The predicted octanol–water partition coefficient (Wildman–Crippen LogP) is -0.138. The Morgan fingerprint density at radius 2 is 1.71 bits per heavy atom. The highest BCUT2D eigenvalue weighted by atomic mass is 15.3. The number of amidine groups is 2. The summed E-state index contributed by atoms with van der Waals surface area (Å²) in [7, 11) is 0. The van der Waals surface area contributed by atoms with Crippen LogP contribution in [0.4, 0.5) is 0 Å². The molecule has 6 heteroatoms. The first kappa shape index (κ1) is 12.2. The largest absolute Gasteiger partial charge is 0.384 e. The molecule has 2 fully saturated rings. The molecule has 0 aromatic carbocycles. The molecule has 2 atom stereocenters. The van der Waals surface area contributed by atoms with Crippen LogP contribution in [0.3, 0.4) is 0 Å². The van der Waals surface area contributed by atoms with Crippen molar-refractivity contribution in [3.8, 4) is 0 Å². The molecule has 17 heavy (non-hydrogen) atoms. The van der Waals surface area contributed by atoms with Gasteiger partial charge in [0.1, 0.15) is 5.84 Å². The van der Waals surface area contributed by atoms with Crippen LogP contribution in [0.15, 0.2) is 15.2 Å². The Morgan fingerprint density at radius 3 is 2.24 bits per heavy atom. The van der Waals surface area contributed by atoms with E-state index in [9.17, 15) is 0 Å². The van der Waals surface area contributed by atoms with E-state index in [0.29, 0.717) is 11.7 Å². The number of nitrogens with one attached hydrogen (secondary N) is 2. The van der Waals surface area contributed by atoms with Crippen LogP contribution < -0.4 is 16.4 Å². The topological polar surface area (TPSA) is 87.2 Å². The van der Waals surface area contributed by atoms with Crippen LogP contribution in [0.1, 0.15) is 25.7 Å². The second kappa shape index (κ2) is 5.88. The summed E-state index contributed by atoms with van der Waals surface area (Å²) in [6, 6.07) is 0.349. The fourth-order valence-corrected chi connectivity index (χ4v) is 2.23. The number of hydrogen-bond donors (Lipinski definition) is 3. The van der Waals surface area contributed by atoms with E-state index in [4.69, 9.17) is 5.73 Å².